The zero-order valence-corrected chi connectivity index (χ0v) is 18.5. The number of benzene rings is 3. The Bertz CT molecular complexity index is 943. The molecule has 164 valence electrons. The molecule has 0 unspecified atom stereocenters. The van der Waals surface area contributed by atoms with Gasteiger partial charge in [-0.25, -0.2) is 0 Å². The van der Waals surface area contributed by atoms with Gasteiger partial charge < -0.3 is 24.3 Å². The van der Waals surface area contributed by atoms with Crippen molar-refractivity contribution in [1.29, 1.82) is 0 Å². The van der Waals surface area contributed by atoms with Gasteiger partial charge in [0.1, 0.15) is 6.61 Å². The summed E-state index contributed by atoms with van der Waals surface area (Å²) in [5.41, 5.74) is 3.39. The molecule has 0 spiro atoms. The lowest BCUT2D eigenvalue weighted by atomic mass is 10.1. The molecule has 1 N–H and O–H groups in total. The van der Waals surface area contributed by atoms with Gasteiger partial charge in [0, 0.05) is 12.1 Å². The number of methoxy groups -OCH3 is 2. The zero-order chi connectivity index (χ0) is 21.9. The molecule has 3 aromatic carbocycles. The maximum atomic E-state index is 6.18. The summed E-state index contributed by atoms with van der Waals surface area (Å²) >= 11 is 0. The minimum absolute atomic E-state index is 0.504. The third kappa shape index (κ3) is 6.40. The van der Waals surface area contributed by atoms with Crippen molar-refractivity contribution in [3.8, 4) is 23.0 Å². The molecule has 0 fully saturated rings. The predicted octanol–water partition coefficient (Wildman–Crippen LogP) is 5.01. The fraction of sp³-hybridized carbons (Fsp3) is 0.308. The van der Waals surface area contributed by atoms with Crippen LogP contribution in [-0.4, -0.2) is 27.4 Å². The second-order valence-electron chi connectivity index (χ2n) is 7.07. The molecule has 0 aliphatic heterocycles. The van der Waals surface area contributed by atoms with E-state index in [-0.39, 0.29) is 0 Å². The molecule has 0 saturated carbocycles. The molecule has 0 bridgehead atoms. The number of rotatable bonds is 12. The summed E-state index contributed by atoms with van der Waals surface area (Å²) in [7, 11) is 3.30. The SMILES string of the molecule is CCOc1cccc(CNCCc2ccc(OC)c(OC)c2)c1OCc1ccccc1. The molecular weight excluding hydrogens is 390 g/mol. The first-order valence-corrected chi connectivity index (χ1v) is 10.6. The van der Waals surface area contributed by atoms with E-state index in [9.17, 15) is 0 Å². The van der Waals surface area contributed by atoms with Crippen LogP contribution in [0.15, 0.2) is 66.7 Å². The molecule has 31 heavy (non-hydrogen) atoms. The van der Waals surface area contributed by atoms with Gasteiger partial charge in [0.2, 0.25) is 0 Å². The lowest BCUT2D eigenvalue weighted by Gasteiger charge is -2.17. The van der Waals surface area contributed by atoms with E-state index in [2.05, 4.69) is 29.6 Å². The second kappa shape index (κ2) is 11.9. The van der Waals surface area contributed by atoms with Gasteiger partial charge in [-0.1, -0.05) is 48.5 Å². The molecule has 0 aliphatic rings. The van der Waals surface area contributed by atoms with Gasteiger partial charge in [0.05, 0.1) is 20.8 Å². The molecule has 5 nitrogen and oxygen atoms in total. The molecule has 3 rings (SSSR count). The first kappa shape index (κ1) is 22.5. The standard InChI is InChI=1S/C26H31NO4/c1-4-30-24-12-8-11-22(26(24)31-19-21-9-6-5-7-10-21)18-27-16-15-20-13-14-23(28-2)25(17-20)29-3/h5-14,17,27H,4,15-16,18-19H2,1-3H3. The average molecular weight is 422 g/mol. The predicted molar refractivity (Wildman–Crippen MR) is 123 cm³/mol. The number of nitrogens with one attached hydrogen (secondary N) is 1. The fourth-order valence-corrected chi connectivity index (χ4v) is 3.36. The summed E-state index contributed by atoms with van der Waals surface area (Å²) in [5.74, 6) is 3.07. The monoisotopic (exact) mass is 421 g/mol. The molecule has 3 aromatic rings. The molecule has 0 heterocycles. The van der Waals surface area contributed by atoms with Crippen LogP contribution in [0.4, 0.5) is 0 Å². The van der Waals surface area contributed by atoms with Crippen molar-refractivity contribution < 1.29 is 18.9 Å². The molecule has 0 aromatic heterocycles. The van der Waals surface area contributed by atoms with Crippen molar-refractivity contribution >= 4 is 0 Å². The maximum Gasteiger partial charge on any atom is 0.166 e. The molecule has 0 amide bonds. The Morgan fingerprint density at radius 3 is 2.29 bits per heavy atom. The maximum absolute atomic E-state index is 6.18. The summed E-state index contributed by atoms with van der Waals surface area (Å²) in [6.07, 6.45) is 0.881. The normalized spacial score (nSPS) is 10.5. The van der Waals surface area contributed by atoms with Gasteiger partial charge in [0.15, 0.2) is 23.0 Å². The highest BCUT2D eigenvalue weighted by Gasteiger charge is 2.12. The Morgan fingerprint density at radius 1 is 0.742 bits per heavy atom. The van der Waals surface area contributed by atoms with Gasteiger partial charge in [-0.2, -0.15) is 0 Å². The Labute approximate surface area is 184 Å². The number of hydrogen-bond donors (Lipinski definition) is 1. The van der Waals surface area contributed by atoms with Crippen LogP contribution in [-0.2, 0) is 19.6 Å². The minimum atomic E-state index is 0.504. The quantitative estimate of drug-likeness (QED) is 0.417. The van der Waals surface area contributed by atoms with Crippen LogP contribution >= 0.6 is 0 Å². The molecular formula is C26H31NO4. The smallest absolute Gasteiger partial charge is 0.166 e. The number of hydrogen-bond acceptors (Lipinski definition) is 5. The first-order chi connectivity index (χ1) is 15.2. The zero-order valence-electron chi connectivity index (χ0n) is 18.5. The van der Waals surface area contributed by atoms with E-state index in [1.807, 2.05) is 49.4 Å². The lowest BCUT2D eigenvalue weighted by molar-refractivity contribution is 0.266. The number of ether oxygens (including phenoxy) is 4. The Kier molecular flexibility index (Phi) is 8.61. The highest BCUT2D eigenvalue weighted by Crippen LogP contribution is 2.32. The van der Waals surface area contributed by atoms with E-state index >= 15 is 0 Å². The second-order valence-corrected chi connectivity index (χ2v) is 7.07. The van der Waals surface area contributed by atoms with Gasteiger partial charge in [0.25, 0.3) is 0 Å². The van der Waals surface area contributed by atoms with Gasteiger partial charge in [-0.05, 0) is 49.2 Å². The average Bonchev–Trinajstić information content (AvgIpc) is 2.82. The van der Waals surface area contributed by atoms with E-state index in [1.54, 1.807) is 14.2 Å². The molecule has 0 saturated heterocycles. The fourth-order valence-electron chi connectivity index (χ4n) is 3.36. The van der Waals surface area contributed by atoms with E-state index in [0.717, 1.165) is 47.1 Å². The van der Waals surface area contributed by atoms with Crippen LogP contribution < -0.4 is 24.3 Å². The Morgan fingerprint density at radius 2 is 1.55 bits per heavy atom. The minimum Gasteiger partial charge on any atom is -0.493 e. The molecule has 0 aliphatic carbocycles. The third-order valence-electron chi connectivity index (χ3n) is 4.94. The summed E-state index contributed by atoms with van der Waals surface area (Å²) in [4.78, 5) is 0. The highest BCUT2D eigenvalue weighted by molar-refractivity contribution is 5.47. The molecule has 5 heteroatoms. The van der Waals surface area contributed by atoms with E-state index in [4.69, 9.17) is 18.9 Å². The van der Waals surface area contributed by atoms with Gasteiger partial charge in [-0.3, -0.25) is 0 Å². The van der Waals surface area contributed by atoms with Crippen LogP contribution in [0, 0.1) is 0 Å². The highest BCUT2D eigenvalue weighted by atomic mass is 16.5. The Balaban J connectivity index is 1.62. The van der Waals surface area contributed by atoms with Crippen molar-refractivity contribution in [1.82, 2.24) is 5.32 Å². The summed E-state index contributed by atoms with van der Waals surface area (Å²) < 4.78 is 22.7. The third-order valence-corrected chi connectivity index (χ3v) is 4.94. The van der Waals surface area contributed by atoms with E-state index in [1.165, 1.54) is 5.56 Å². The van der Waals surface area contributed by atoms with Crippen LogP contribution in [0.3, 0.4) is 0 Å². The largest absolute Gasteiger partial charge is 0.493 e. The number of para-hydroxylation sites is 1. The molecule has 0 radical (unpaired) electrons. The van der Waals surface area contributed by atoms with Crippen LogP contribution in [0.5, 0.6) is 23.0 Å². The molecule has 0 atom stereocenters. The lowest BCUT2D eigenvalue weighted by Crippen LogP contribution is -2.17. The van der Waals surface area contributed by atoms with E-state index in [0.29, 0.717) is 19.8 Å². The van der Waals surface area contributed by atoms with Crippen molar-refractivity contribution in [3.05, 3.63) is 83.4 Å². The van der Waals surface area contributed by atoms with Crippen molar-refractivity contribution in [3.63, 3.8) is 0 Å². The van der Waals surface area contributed by atoms with Crippen molar-refractivity contribution in [2.24, 2.45) is 0 Å². The summed E-state index contributed by atoms with van der Waals surface area (Å²) in [6, 6.07) is 22.2. The van der Waals surface area contributed by atoms with Gasteiger partial charge in [-0.15, -0.1) is 0 Å². The first-order valence-electron chi connectivity index (χ1n) is 10.6. The topological polar surface area (TPSA) is 49.0 Å². The van der Waals surface area contributed by atoms with Gasteiger partial charge >= 0.3 is 0 Å². The van der Waals surface area contributed by atoms with Crippen molar-refractivity contribution in [2.75, 3.05) is 27.4 Å². The Hall–Kier alpha value is -3.18. The van der Waals surface area contributed by atoms with Crippen molar-refractivity contribution in [2.45, 2.75) is 26.5 Å². The van der Waals surface area contributed by atoms with Crippen LogP contribution in [0.1, 0.15) is 23.6 Å². The van der Waals surface area contributed by atoms with E-state index < -0.39 is 0 Å². The van der Waals surface area contributed by atoms with Crippen LogP contribution in [0.25, 0.3) is 0 Å². The van der Waals surface area contributed by atoms with Crippen LogP contribution in [0.2, 0.25) is 0 Å². The summed E-state index contributed by atoms with van der Waals surface area (Å²) in [5, 5.41) is 3.52. The summed E-state index contributed by atoms with van der Waals surface area (Å²) in [6.45, 7) is 4.60.